The van der Waals surface area contributed by atoms with Gasteiger partial charge in [0.2, 0.25) is 0 Å². The third kappa shape index (κ3) is 6.40. The van der Waals surface area contributed by atoms with Gasteiger partial charge in [0.1, 0.15) is 0 Å². The standard InChI is InChI=1S/C67H48N2/c1-4-44(5-2)66-55-35-31-49(51-34-38-65-58(40-51)54-27-15-17-29-63(54)69(65)61-30-18-24-46-21-12-13-25-52(46)61)42-60(55)67(47-22-10-7-11-23-47)56-36-32-48(41-59(56)66)50-33-37-64-57(39-50)53-26-14-16-28-62(53)68(64)43(3)45-19-8-6-9-20-45/h4-19,21-42H,1,20H2,2-3H3/b44-5+,45-43+. The highest BCUT2D eigenvalue weighted by molar-refractivity contribution is 6.21. The average Bonchev–Trinajstić information content (AvgIpc) is 3.93. The van der Waals surface area contributed by atoms with Crippen molar-refractivity contribution >= 4 is 87.2 Å². The maximum Gasteiger partial charge on any atom is 0.0541 e. The minimum absolute atomic E-state index is 0.933. The molecule has 1 aliphatic carbocycles. The second-order valence-corrected chi connectivity index (χ2v) is 18.4. The van der Waals surface area contributed by atoms with E-state index in [1.54, 1.807) is 0 Å². The highest BCUT2D eigenvalue weighted by atomic mass is 15.0. The molecule has 13 rings (SSSR count). The number of nitrogens with zero attached hydrogens (tertiary/aromatic N) is 2. The number of aromatic nitrogens is 2. The third-order valence-electron chi connectivity index (χ3n) is 14.7. The Balaban J connectivity index is 1.01. The van der Waals surface area contributed by atoms with E-state index in [0.29, 0.717) is 0 Å². The Labute approximate surface area is 402 Å². The molecule has 0 saturated carbocycles. The molecule has 0 unspecified atom stereocenters. The van der Waals surface area contributed by atoms with E-state index in [1.165, 1.54) is 132 Å². The molecule has 0 aliphatic heterocycles. The van der Waals surface area contributed by atoms with E-state index in [4.69, 9.17) is 0 Å². The number of rotatable bonds is 7. The summed E-state index contributed by atoms with van der Waals surface area (Å²) in [7, 11) is 0. The average molecular weight is 881 g/mol. The predicted octanol–water partition coefficient (Wildman–Crippen LogP) is 18.7. The fourth-order valence-electron chi connectivity index (χ4n) is 11.4. The molecule has 2 heterocycles. The van der Waals surface area contributed by atoms with Gasteiger partial charge in [-0.3, -0.25) is 0 Å². The van der Waals surface area contributed by atoms with Crippen molar-refractivity contribution in [2.45, 2.75) is 20.3 Å². The molecule has 2 heteroatoms. The highest BCUT2D eigenvalue weighted by Crippen LogP contribution is 2.46. The zero-order valence-electron chi connectivity index (χ0n) is 38.7. The van der Waals surface area contributed by atoms with E-state index in [9.17, 15) is 0 Å². The maximum absolute atomic E-state index is 4.37. The van der Waals surface area contributed by atoms with Gasteiger partial charge in [-0.15, -0.1) is 0 Å². The summed E-state index contributed by atoms with van der Waals surface area (Å²) in [6.07, 6.45) is 13.9. The lowest BCUT2D eigenvalue weighted by atomic mass is 9.83. The van der Waals surface area contributed by atoms with Crippen LogP contribution >= 0.6 is 0 Å². The number of benzene rings is 10. The first-order valence-electron chi connectivity index (χ1n) is 24.0. The first kappa shape index (κ1) is 40.5. The van der Waals surface area contributed by atoms with E-state index >= 15 is 0 Å². The second kappa shape index (κ2) is 16.3. The van der Waals surface area contributed by atoms with Crippen LogP contribution in [0.25, 0.3) is 126 Å². The lowest BCUT2D eigenvalue weighted by molar-refractivity contribution is 1.14. The molecule has 326 valence electrons. The molecular formula is C67H48N2. The van der Waals surface area contributed by atoms with Crippen molar-refractivity contribution < 1.29 is 0 Å². The molecule has 69 heavy (non-hydrogen) atoms. The fourth-order valence-corrected chi connectivity index (χ4v) is 11.4. The molecule has 0 fully saturated rings. The smallest absolute Gasteiger partial charge is 0.0541 e. The van der Waals surface area contributed by atoms with Gasteiger partial charge < -0.3 is 9.13 Å². The van der Waals surface area contributed by atoms with Crippen LogP contribution < -0.4 is 0 Å². The van der Waals surface area contributed by atoms with Crippen LogP contribution in [0.4, 0.5) is 0 Å². The Morgan fingerprint density at radius 3 is 1.75 bits per heavy atom. The summed E-state index contributed by atoms with van der Waals surface area (Å²) < 4.78 is 4.89. The van der Waals surface area contributed by atoms with E-state index in [-0.39, 0.29) is 0 Å². The molecule has 12 aromatic rings. The lowest BCUT2D eigenvalue weighted by Crippen LogP contribution is -1.98. The topological polar surface area (TPSA) is 9.86 Å². The first-order valence-corrected chi connectivity index (χ1v) is 24.0. The summed E-state index contributed by atoms with van der Waals surface area (Å²) in [6.45, 7) is 8.75. The molecule has 2 aromatic heterocycles. The first-order chi connectivity index (χ1) is 34.1. The van der Waals surface area contributed by atoms with Crippen LogP contribution in [0, 0.1) is 0 Å². The predicted molar refractivity (Wildman–Crippen MR) is 298 cm³/mol. The van der Waals surface area contributed by atoms with Gasteiger partial charge in [-0.1, -0.05) is 183 Å². The van der Waals surface area contributed by atoms with Crippen LogP contribution in [0.3, 0.4) is 0 Å². The van der Waals surface area contributed by atoms with Crippen molar-refractivity contribution in [3.8, 4) is 39.1 Å². The quantitative estimate of drug-likeness (QED) is 0.111. The summed E-state index contributed by atoms with van der Waals surface area (Å²) >= 11 is 0. The highest BCUT2D eigenvalue weighted by Gasteiger charge is 2.21. The zero-order valence-corrected chi connectivity index (χ0v) is 38.7. The normalized spacial score (nSPS) is 13.8. The van der Waals surface area contributed by atoms with E-state index < -0.39 is 0 Å². The third-order valence-corrected chi connectivity index (χ3v) is 14.7. The molecule has 10 aromatic carbocycles. The minimum atomic E-state index is 0.933. The van der Waals surface area contributed by atoms with Crippen LogP contribution in [-0.4, -0.2) is 9.13 Å². The van der Waals surface area contributed by atoms with E-state index in [1.807, 2.05) is 6.08 Å². The van der Waals surface area contributed by atoms with Crippen LogP contribution in [0.5, 0.6) is 0 Å². The molecule has 0 saturated heterocycles. The number of hydrogen-bond donors (Lipinski definition) is 0. The van der Waals surface area contributed by atoms with Crippen LogP contribution in [0.1, 0.15) is 25.8 Å². The van der Waals surface area contributed by atoms with Crippen molar-refractivity contribution in [1.82, 2.24) is 9.13 Å². The molecule has 2 nitrogen and oxygen atoms in total. The molecule has 0 bridgehead atoms. The number of allylic oxidation sites excluding steroid dienone is 9. The molecule has 0 atom stereocenters. The Morgan fingerprint density at radius 2 is 1.03 bits per heavy atom. The molecule has 0 N–H and O–H groups in total. The lowest BCUT2D eigenvalue weighted by Gasteiger charge is -2.20. The van der Waals surface area contributed by atoms with Crippen molar-refractivity contribution in [1.29, 1.82) is 0 Å². The van der Waals surface area contributed by atoms with Crippen molar-refractivity contribution in [2.75, 3.05) is 0 Å². The Bertz CT molecular complexity index is 4230. The number of hydrogen-bond acceptors (Lipinski definition) is 0. The Kier molecular flexibility index (Phi) is 9.55. The molecular weight excluding hydrogens is 833 g/mol. The van der Waals surface area contributed by atoms with Gasteiger partial charge in [-0.2, -0.15) is 0 Å². The summed E-state index contributed by atoms with van der Waals surface area (Å²) in [4.78, 5) is 0. The Morgan fingerprint density at radius 1 is 0.464 bits per heavy atom. The minimum Gasteiger partial charge on any atom is -0.313 e. The molecule has 0 spiro atoms. The van der Waals surface area contributed by atoms with Crippen molar-refractivity contribution in [3.05, 3.63) is 248 Å². The summed E-state index contributed by atoms with van der Waals surface area (Å²) in [5, 5.41) is 12.3. The van der Waals surface area contributed by atoms with E-state index in [2.05, 4.69) is 254 Å². The fraction of sp³-hybridized carbons (Fsp3) is 0.0448. The number of para-hydroxylation sites is 2. The maximum atomic E-state index is 4.37. The van der Waals surface area contributed by atoms with Crippen LogP contribution in [-0.2, 0) is 0 Å². The van der Waals surface area contributed by atoms with Crippen LogP contribution in [0.2, 0.25) is 0 Å². The summed E-state index contributed by atoms with van der Waals surface area (Å²) in [6, 6.07) is 72.1. The van der Waals surface area contributed by atoms with Gasteiger partial charge in [0, 0.05) is 32.6 Å². The van der Waals surface area contributed by atoms with Gasteiger partial charge in [0.15, 0.2) is 0 Å². The Hall–Kier alpha value is -8.72. The van der Waals surface area contributed by atoms with Gasteiger partial charge >= 0.3 is 0 Å². The van der Waals surface area contributed by atoms with E-state index in [0.717, 1.165) is 12.0 Å². The molecule has 0 radical (unpaired) electrons. The second-order valence-electron chi connectivity index (χ2n) is 18.4. The van der Waals surface area contributed by atoms with Crippen molar-refractivity contribution in [2.24, 2.45) is 0 Å². The zero-order chi connectivity index (χ0) is 46.2. The van der Waals surface area contributed by atoms with Crippen LogP contribution in [0.15, 0.2) is 243 Å². The summed E-state index contributed by atoms with van der Waals surface area (Å²) in [5.41, 5.74) is 18.1. The number of fused-ring (bicyclic) bond motifs is 9. The van der Waals surface area contributed by atoms with Gasteiger partial charge in [-0.05, 0) is 152 Å². The largest absolute Gasteiger partial charge is 0.313 e. The van der Waals surface area contributed by atoms with Gasteiger partial charge in [0.25, 0.3) is 0 Å². The monoisotopic (exact) mass is 880 g/mol. The SMILES string of the molecule is C=C/C(=C\C)c1c2cc(-c3ccc4c(c3)c3ccccc3n4/C(C)=C3\C=CC=CC3)ccc2c(-c2ccccc2)c2cc(-c3ccc4c(c3)c3ccccc3n4-c3cccc4ccccc34)ccc12. The van der Waals surface area contributed by atoms with Gasteiger partial charge in [-0.25, -0.2) is 0 Å². The molecule has 1 aliphatic rings. The van der Waals surface area contributed by atoms with Crippen molar-refractivity contribution in [3.63, 3.8) is 0 Å². The van der Waals surface area contributed by atoms with Gasteiger partial charge in [0.05, 0.1) is 27.8 Å². The summed E-state index contributed by atoms with van der Waals surface area (Å²) in [5.74, 6) is 0. The molecule has 0 amide bonds.